The van der Waals surface area contributed by atoms with E-state index in [-0.39, 0.29) is 17.6 Å². The molecule has 1 aliphatic rings. The van der Waals surface area contributed by atoms with E-state index < -0.39 is 5.97 Å². The van der Waals surface area contributed by atoms with Gasteiger partial charge in [-0.1, -0.05) is 59.6 Å². The van der Waals surface area contributed by atoms with Gasteiger partial charge in [-0.05, 0) is 106 Å². The number of hydrogen-bond acceptors (Lipinski definition) is 5. The molecule has 0 saturated heterocycles. The number of anilines is 1. The zero-order valence-corrected chi connectivity index (χ0v) is 35.1. The van der Waals surface area contributed by atoms with Crippen LogP contribution in [0.25, 0.3) is 32.9 Å². The van der Waals surface area contributed by atoms with E-state index in [9.17, 15) is 9.90 Å². The summed E-state index contributed by atoms with van der Waals surface area (Å²) in [6, 6.07) is 22.8. The average Bonchev–Trinajstić information content (AvgIpc) is 3.81. The van der Waals surface area contributed by atoms with E-state index in [4.69, 9.17) is 37.8 Å². The first-order valence-corrected chi connectivity index (χ1v) is 20.1. The van der Waals surface area contributed by atoms with Crippen molar-refractivity contribution in [2.45, 2.75) is 60.1 Å². The number of carboxylic acid groups (broad SMARTS) is 1. The van der Waals surface area contributed by atoms with Gasteiger partial charge in [0.15, 0.2) is 0 Å². The highest BCUT2D eigenvalue weighted by atomic mass is 35.5. The summed E-state index contributed by atoms with van der Waals surface area (Å²) in [7, 11) is 3.63. The van der Waals surface area contributed by atoms with Crippen molar-refractivity contribution < 1.29 is 24.2 Å². The molecule has 7 aromatic rings. The summed E-state index contributed by atoms with van der Waals surface area (Å²) >= 11 is 13.6. The minimum Gasteiger partial charge on any atom is -0.494 e. The van der Waals surface area contributed by atoms with Crippen LogP contribution in [-0.4, -0.2) is 49.0 Å². The maximum atomic E-state index is 15.3. The van der Waals surface area contributed by atoms with Crippen LogP contribution in [0, 0.1) is 27.7 Å². The summed E-state index contributed by atoms with van der Waals surface area (Å²) < 4.78 is 18.2. The number of halogens is 2. The number of carbonyl (C=O) groups excluding carboxylic acids is 1. The Kier molecular flexibility index (Phi) is 10.3. The summed E-state index contributed by atoms with van der Waals surface area (Å²) in [5.74, 6) is 0.0173. The molecule has 0 radical (unpaired) electrons. The second kappa shape index (κ2) is 15.2. The Labute approximate surface area is 347 Å². The van der Waals surface area contributed by atoms with Gasteiger partial charge in [0.2, 0.25) is 0 Å². The predicted molar refractivity (Wildman–Crippen MR) is 230 cm³/mol. The molecule has 298 valence electrons. The van der Waals surface area contributed by atoms with Crippen molar-refractivity contribution in [1.29, 1.82) is 0 Å². The van der Waals surface area contributed by atoms with Gasteiger partial charge in [0, 0.05) is 59.3 Å². The SMILES string of the molecule is Cc1cc(OCCCc2c3n(c4c(-c5c(C)nn(C)c5C)c(Cl)ccc24)C(C)CN(c2ccc(OCc4ccccc4)c4c2cc(C(=O)O)n4C)C3=O)cc(C)c1Cl. The van der Waals surface area contributed by atoms with Gasteiger partial charge in [-0.25, -0.2) is 4.79 Å². The molecule has 1 amide bonds. The van der Waals surface area contributed by atoms with Crippen LogP contribution in [-0.2, 0) is 27.1 Å². The molecule has 0 aliphatic carbocycles. The molecule has 4 heterocycles. The molecule has 1 atom stereocenters. The third-order valence-electron chi connectivity index (χ3n) is 11.4. The quantitative estimate of drug-likeness (QED) is 0.130. The molecule has 1 N–H and O–H groups in total. The lowest BCUT2D eigenvalue weighted by Crippen LogP contribution is -2.42. The molecule has 1 unspecified atom stereocenters. The maximum Gasteiger partial charge on any atom is 0.352 e. The molecular formula is C46H45Cl2N5O5. The molecular weight excluding hydrogens is 773 g/mol. The Bertz CT molecular complexity index is 2760. The van der Waals surface area contributed by atoms with Crippen LogP contribution in [0.2, 0.25) is 10.0 Å². The van der Waals surface area contributed by atoms with Gasteiger partial charge in [0.25, 0.3) is 5.91 Å². The van der Waals surface area contributed by atoms with E-state index in [1.54, 1.807) is 22.6 Å². The number of hydrogen-bond donors (Lipinski definition) is 1. The molecule has 10 nitrogen and oxygen atoms in total. The van der Waals surface area contributed by atoms with Crippen molar-refractivity contribution in [3.8, 4) is 22.6 Å². The van der Waals surface area contributed by atoms with Crippen molar-refractivity contribution in [2.24, 2.45) is 14.1 Å². The lowest BCUT2D eigenvalue weighted by atomic mass is 9.98. The lowest BCUT2D eigenvalue weighted by Gasteiger charge is -2.35. The Morgan fingerprint density at radius 1 is 0.897 bits per heavy atom. The Hall–Kier alpha value is -5.71. The van der Waals surface area contributed by atoms with Gasteiger partial charge < -0.3 is 28.6 Å². The largest absolute Gasteiger partial charge is 0.494 e. The summed E-state index contributed by atoms with van der Waals surface area (Å²) in [4.78, 5) is 29.6. The summed E-state index contributed by atoms with van der Waals surface area (Å²) in [5.41, 5.74) is 10.2. The van der Waals surface area contributed by atoms with Crippen molar-refractivity contribution >= 4 is 62.6 Å². The molecule has 1 aliphatic heterocycles. The normalized spacial score (nSPS) is 14.1. The van der Waals surface area contributed by atoms with Gasteiger partial charge >= 0.3 is 5.97 Å². The summed E-state index contributed by atoms with van der Waals surface area (Å²) in [6.07, 6.45) is 1.19. The van der Waals surface area contributed by atoms with Crippen molar-refractivity contribution in [2.75, 3.05) is 18.1 Å². The van der Waals surface area contributed by atoms with Gasteiger partial charge in [-0.3, -0.25) is 9.48 Å². The number of aryl methyl sites for hydroxylation is 6. The summed E-state index contributed by atoms with van der Waals surface area (Å²) in [6.45, 7) is 11.1. The van der Waals surface area contributed by atoms with Crippen LogP contribution < -0.4 is 14.4 Å². The number of rotatable bonds is 11. The van der Waals surface area contributed by atoms with Crippen LogP contribution in [0.4, 0.5) is 5.69 Å². The standard InChI is InChI=1S/C46H45Cl2N5O5/c1-25-20-31(21-26(2)41(25)48)57-19-11-14-32-33-15-16-35(47)40(39-28(4)49-51(7)29(39)5)43(33)53-27(3)23-52(45(54)44(32)53)36-17-18-38(58-24-30-12-9-8-10-13-30)42-34(36)22-37(46(55)56)50(42)6/h8-10,12-13,15-18,20-22,27H,11,14,19,23-24H2,1-7H3,(H,55,56). The molecule has 0 fully saturated rings. The fourth-order valence-electron chi connectivity index (χ4n) is 8.65. The van der Waals surface area contributed by atoms with Gasteiger partial charge in [0.05, 0.1) is 34.0 Å². The molecule has 4 aromatic carbocycles. The number of ether oxygens (including phenoxy) is 2. The van der Waals surface area contributed by atoms with Crippen LogP contribution >= 0.6 is 23.2 Å². The smallest absolute Gasteiger partial charge is 0.352 e. The molecule has 0 bridgehead atoms. The lowest BCUT2D eigenvalue weighted by molar-refractivity contribution is 0.0686. The number of amides is 1. The van der Waals surface area contributed by atoms with Gasteiger partial charge in [-0.15, -0.1) is 0 Å². The first kappa shape index (κ1) is 39.1. The topological polar surface area (TPSA) is 104 Å². The number of fused-ring (bicyclic) bond motifs is 4. The van der Waals surface area contributed by atoms with Crippen LogP contribution in [0.1, 0.15) is 74.0 Å². The molecule has 58 heavy (non-hydrogen) atoms. The average molecular weight is 819 g/mol. The minimum atomic E-state index is -1.07. The Morgan fingerprint density at radius 2 is 1.62 bits per heavy atom. The second-order valence-electron chi connectivity index (χ2n) is 15.3. The minimum absolute atomic E-state index is 0.0897. The number of aromatic carboxylic acids is 1. The first-order chi connectivity index (χ1) is 27.8. The fourth-order valence-corrected chi connectivity index (χ4v) is 9.01. The number of benzene rings is 4. The highest BCUT2D eigenvalue weighted by Crippen LogP contribution is 2.46. The van der Waals surface area contributed by atoms with E-state index in [0.29, 0.717) is 65.7 Å². The summed E-state index contributed by atoms with van der Waals surface area (Å²) in [5, 5.41) is 17.8. The van der Waals surface area contributed by atoms with Crippen molar-refractivity contribution in [3.63, 3.8) is 0 Å². The van der Waals surface area contributed by atoms with Crippen LogP contribution in [0.15, 0.2) is 72.8 Å². The molecule has 12 heteroatoms. The van der Waals surface area contributed by atoms with E-state index in [1.807, 2.05) is 106 Å². The van der Waals surface area contributed by atoms with E-state index in [0.717, 1.165) is 66.4 Å². The number of carbonyl (C=O) groups is 2. The van der Waals surface area contributed by atoms with Crippen molar-refractivity contribution in [3.05, 3.63) is 128 Å². The zero-order valence-electron chi connectivity index (χ0n) is 33.6. The molecule has 8 rings (SSSR count). The Morgan fingerprint density at radius 3 is 2.29 bits per heavy atom. The number of aromatic nitrogens is 4. The molecule has 0 saturated carbocycles. The fraction of sp³-hybridized carbons (Fsp3) is 0.283. The van der Waals surface area contributed by atoms with Crippen molar-refractivity contribution in [1.82, 2.24) is 18.9 Å². The van der Waals surface area contributed by atoms with Crippen LogP contribution in [0.3, 0.4) is 0 Å². The molecule has 0 spiro atoms. The van der Waals surface area contributed by atoms with Gasteiger partial charge in [-0.2, -0.15) is 5.10 Å². The first-order valence-electron chi connectivity index (χ1n) is 19.4. The monoisotopic (exact) mass is 817 g/mol. The number of carboxylic acids is 1. The third-order valence-corrected chi connectivity index (χ3v) is 12.4. The molecule has 3 aromatic heterocycles. The predicted octanol–water partition coefficient (Wildman–Crippen LogP) is 10.6. The highest BCUT2D eigenvalue weighted by molar-refractivity contribution is 6.35. The van der Waals surface area contributed by atoms with E-state index in [2.05, 4.69) is 11.5 Å². The van der Waals surface area contributed by atoms with E-state index >= 15 is 4.79 Å². The van der Waals surface area contributed by atoms with E-state index in [1.165, 1.54) is 0 Å². The number of nitrogens with zero attached hydrogens (tertiary/aromatic N) is 5. The van der Waals surface area contributed by atoms with Crippen LogP contribution in [0.5, 0.6) is 11.5 Å². The highest BCUT2D eigenvalue weighted by Gasteiger charge is 2.38. The zero-order chi connectivity index (χ0) is 41.2. The second-order valence-corrected chi connectivity index (χ2v) is 16.1. The Balaban J connectivity index is 1.25. The third kappa shape index (κ3) is 6.58. The maximum absolute atomic E-state index is 15.3. The van der Waals surface area contributed by atoms with Gasteiger partial charge in [0.1, 0.15) is 29.5 Å².